The van der Waals surface area contributed by atoms with Crippen LogP contribution in [0.25, 0.3) is 6.08 Å². The molecule has 2 aromatic carbocycles. The number of aromatic hydroxyl groups is 1. The van der Waals surface area contributed by atoms with Gasteiger partial charge in [-0.25, -0.2) is 0 Å². The largest absolute Gasteiger partial charge is 0.507 e. The highest BCUT2D eigenvalue weighted by Crippen LogP contribution is 2.16. The van der Waals surface area contributed by atoms with E-state index in [0.29, 0.717) is 18.9 Å². The first kappa shape index (κ1) is 16.4. The number of benzene rings is 2. The van der Waals surface area contributed by atoms with Crippen LogP contribution < -0.4 is 10.1 Å². The van der Waals surface area contributed by atoms with Crippen LogP contribution in [-0.4, -0.2) is 29.3 Å². The van der Waals surface area contributed by atoms with E-state index in [1.54, 1.807) is 48.7 Å². The Morgan fingerprint density at radius 3 is 2.57 bits per heavy atom. The molecule has 0 unspecified atom stereocenters. The average Bonchev–Trinajstić information content (AvgIpc) is 2.53. The first-order chi connectivity index (χ1) is 11.1. The Kier molecular flexibility index (Phi) is 6.06. The maximum absolute atomic E-state index is 10.6. The van der Waals surface area contributed by atoms with Crippen molar-refractivity contribution < 1.29 is 19.7 Å². The number of hydrogen-bond donors (Lipinski definition) is 3. The second kappa shape index (κ2) is 8.48. The molecule has 0 amide bonds. The summed E-state index contributed by atoms with van der Waals surface area (Å²) in [5.74, 6) is 0.0907. The Morgan fingerprint density at radius 1 is 1.13 bits per heavy atom. The molecule has 0 atom stereocenters. The molecule has 0 bridgehead atoms. The smallest absolute Gasteiger partial charge is 0.307 e. The normalized spacial score (nSPS) is 10.6. The SMILES string of the molecule is O=C(O)Cc1ccc(OCCNC=Cc2ccccc2O)cc1. The van der Waals surface area contributed by atoms with Crippen molar-refractivity contribution in [3.05, 3.63) is 65.9 Å². The van der Waals surface area contributed by atoms with Gasteiger partial charge < -0.3 is 20.3 Å². The van der Waals surface area contributed by atoms with Crippen LogP contribution in [0.3, 0.4) is 0 Å². The molecular weight excluding hydrogens is 294 g/mol. The predicted molar refractivity (Wildman–Crippen MR) is 88.4 cm³/mol. The van der Waals surface area contributed by atoms with E-state index in [2.05, 4.69) is 5.32 Å². The first-order valence-electron chi connectivity index (χ1n) is 7.26. The van der Waals surface area contributed by atoms with Crippen molar-refractivity contribution in [1.82, 2.24) is 5.32 Å². The summed E-state index contributed by atoms with van der Waals surface area (Å²) in [6.07, 6.45) is 3.56. The molecule has 0 radical (unpaired) electrons. The van der Waals surface area contributed by atoms with Gasteiger partial charge in [0.15, 0.2) is 0 Å². The van der Waals surface area contributed by atoms with Crippen molar-refractivity contribution in [2.45, 2.75) is 6.42 Å². The van der Waals surface area contributed by atoms with Crippen LogP contribution in [0, 0.1) is 0 Å². The third kappa shape index (κ3) is 5.74. The highest BCUT2D eigenvalue weighted by atomic mass is 16.5. The zero-order valence-electron chi connectivity index (χ0n) is 12.6. The summed E-state index contributed by atoms with van der Waals surface area (Å²) in [5, 5.41) is 21.4. The molecular formula is C18H19NO4. The molecule has 5 heteroatoms. The van der Waals surface area contributed by atoms with E-state index >= 15 is 0 Å². The molecule has 2 rings (SSSR count). The molecule has 0 aliphatic heterocycles. The standard InChI is InChI=1S/C18H19NO4/c20-17-4-2-1-3-15(17)9-10-19-11-12-23-16-7-5-14(6-8-16)13-18(21)22/h1-10,19-20H,11-13H2,(H,21,22). The van der Waals surface area contributed by atoms with Crippen LogP contribution in [0.5, 0.6) is 11.5 Å². The Labute approximate surface area is 134 Å². The Hall–Kier alpha value is -2.95. The highest BCUT2D eigenvalue weighted by molar-refractivity contribution is 5.70. The number of rotatable bonds is 8. The fourth-order valence-corrected chi connectivity index (χ4v) is 1.97. The molecule has 0 fully saturated rings. The van der Waals surface area contributed by atoms with E-state index in [4.69, 9.17) is 9.84 Å². The van der Waals surface area contributed by atoms with Crippen LogP contribution in [0.2, 0.25) is 0 Å². The molecule has 0 aliphatic carbocycles. The fraction of sp³-hybridized carbons (Fsp3) is 0.167. The minimum atomic E-state index is -0.848. The van der Waals surface area contributed by atoms with Gasteiger partial charge in [-0.3, -0.25) is 4.79 Å². The van der Waals surface area contributed by atoms with Crippen LogP contribution in [-0.2, 0) is 11.2 Å². The second-order valence-electron chi connectivity index (χ2n) is 4.91. The van der Waals surface area contributed by atoms with Crippen molar-refractivity contribution in [1.29, 1.82) is 0 Å². The molecule has 23 heavy (non-hydrogen) atoms. The lowest BCUT2D eigenvalue weighted by Crippen LogP contribution is -2.15. The van der Waals surface area contributed by atoms with Gasteiger partial charge in [-0.1, -0.05) is 30.3 Å². The van der Waals surface area contributed by atoms with Crippen LogP contribution in [0.4, 0.5) is 0 Å². The number of ether oxygens (including phenoxy) is 1. The minimum absolute atomic E-state index is 0.0129. The van der Waals surface area contributed by atoms with Gasteiger partial charge in [-0.05, 0) is 36.0 Å². The molecule has 0 heterocycles. The molecule has 0 saturated carbocycles. The maximum atomic E-state index is 10.6. The molecule has 0 aliphatic rings. The number of aliphatic carboxylic acids is 1. The molecule has 120 valence electrons. The summed E-state index contributed by atoms with van der Waals surface area (Å²) < 4.78 is 5.55. The van der Waals surface area contributed by atoms with E-state index in [1.165, 1.54) is 0 Å². The molecule has 0 spiro atoms. The topological polar surface area (TPSA) is 78.8 Å². The van der Waals surface area contributed by atoms with Gasteiger partial charge >= 0.3 is 5.97 Å². The maximum Gasteiger partial charge on any atom is 0.307 e. The first-order valence-corrected chi connectivity index (χ1v) is 7.26. The van der Waals surface area contributed by atoms with E-state index in [0.717, 1.165) is 11.1 Å². The Balaban J connectivity index is 1.69. The van der Waals surface area contributed by atoms with E-state index in [-0.39, 0.29) is 12.2 Å². The van der Waals surface area contributed by atoms with Gasteiger partial charge in [0.25, 0.3) is 0 Å². The second-order valence-corrected chi connectivity index (χ2v) is 4.91. The molecule has 2 aromatic rings. The number of phenols is 1. The lowest BCUT2D eigenvalue weighted by molar-refractivity contribution is -0.136. The number of carboxylic acid groups (broad SMARTS) is 1. The number of hydrogen-bond acceptors (Lipinski definition) is 4. The van der Waals surface area contributed by atoms with Gasteiger partial charge in [0.05, 0.1) is 6.42 Å². The zero-order chi connectivity index (χ0) is 16.5. The van der Waals surface area contributed by atoms with Gasteiger partial charge in [0, 0.05) is 12.1 Å². The predicted octanol–water partition coefficient (Wildman–Crippen LogP) is 2.66. The zero-order valence-corrected chi connectivity index (χ0v) is 12.6. The molecule has 5 nitrogen and oxygen atoms in total. The van der Waals surface area contributed by atoms with Crippen molar-refractivity contribution in [2.75, 3.05) is 13.2 Å². The lowest BCUT2D eigenvalue weighted by Gasteiger charge is -2.07. The summed E-state index contributed by atoms with van der Waals surface area (Å²) in [6.45, 7) is 1.09. The average molecular weight is 313 g/mol. The summed E-state index contributed by atoms with van der Waals surface area (Å²) in [7, 11) is 0. The van der Waals surface area contributed by atoms with Crippen molar-refractivity contribution >= 4 is 12.0 Å². The van der Waals surface area contributed by atoms with Crippen molar-refractivity contribution in [3.63, 3.8) is 0 Å². The summed E-state index contributed by atoms with van der Waals surface area (Å²) in [4.78, 5) is 10.6. The highest BCUT2D eigenvalue weighted by Gasteiger charge is 2.00. The minimum Gasteiger partial charge on any atom is -0.507 e. The summed E-state index contributed by atoms with van der Waals surface area (Å²) >= 11 is 0. The number of carboxylic acids is 1. The molecule has 0 saturated heterocycles. The Morgan fingerprint density at radius 2 is 1.87 bits per heavy atom. The van der Waals surface area contributed by atoms with Crippen LogP contribution in [0.15, 0.2) is 54.7 Å². The third-order valence-electron chi connectivity index (χ3n) is 3.11. The van der Waals surface area contributed by atoms with Gasteiger partial charge in [-0.15, -0.1) is 0 Å². The quantitative estimate of drug-likeness (QED) is 0.653. The van der Waals surface area contributed by atoms with Gasteiger partial charge in [0.2, 0.25) is 0 Å². The van der Waals surface area contributed by atoms with E-state index in [9.17, 15) is 9.90 Å². The van der Waals surface area contributed by atoms with Crippen LogP contribution in [0.1, 0.15) is 11.1 Å². The van der Waals surface area contributed by atoms with Gasteiger partial charge in [0.1, 0.15) is 18.1 Å². The Bertz CT molecular complexity index is 665. The number of phenolic OH excluding ortho intramolecular Hbond substituents is 1. The van der Waals surface area contributed by atoms with Gasteiger partial charge in [-0.2, -0.15) is 0 Å². The number of nitrogens with one attached hydrogen (secondary N) is 1. The third-order valence-corrected chi connectivity index (χ3v) is 3.11. The monoisotopic (exact) mass is 313 g/mol. The summed E-state index contributed by atoms with van der Waals surface area (Å²) in [6, 6.07) is 14.1. The van der Waals surface area contributed by atoms with Crippen LogP contribution >= 0.6 is 0 Å². The van der Waals surface area contributed by atoms with E-state index < -0.39 is 5.97 Å². The number of para-hydroxylation sites is 1. The number of carbonyl (C=O) groups is 1. The fourth-order valence-electron chi connectivity index (χ4n) is 1.97. The molecule has 3 N–H and O–H groups in total. The lowest BCUT2D eigenvalue weighted by atomic mass is 10.1. The van der Waals surface area contributed by atoms with Crippen molar-refractivity contribution in [2.24, 2.45) is 0 Å². The van der Waals surface area contributed by atoms with E-state index in [1.807, 2.05) is 12.1 Å². The van der Waals surface area contributed by atoms with Crippen molar-refractivity contribution in [3.8, 4) is 11.5 Å². The molecule has 0 aromatic heterocycles. The summed E-state index contributed by atoms with van der Waals surface area (Å²) in [5.41, 5.74) is 1.49.